The minimum atomic E-state index is 0.124. The van der Waals surface area contributed by atoms with Crippen LogP contribution in [0.4, 0.5) is 0 Å². The first-order chi connectivity index (χ1) is 14.1. The van der Waals surface area contributed by atoms with E-state index in [1.807, 2.05) is 23.4 Å². The first kappa shape index (κ1) is 21.5. The normalized spacial score (nSPS) is 15.1. The third-order valence-electron chi connectivity index (χ3n) is 5.78. The lowest BCUT2D eigenvalue weighted by molar-refractivity contribution is 0.0616. The van der Waals surface area contributed by atoms with Crippen LogP contribution in [0.25, 0.3) is 0 Å². The molecule has 0 atom stereocenters. The molecule has 0 saturated carbocycles. The number of amides is 1. The second-order valence-corrected chi connectivity index (χ2v) is 7.76. The van der Waals surface area contributed by atoms with Gasteiger partial charge in [-0.2, -0.15) is 5.10 Å². The molecule has 0 radical (unpaired) electrons. The zero-order valence-corrected chi connectivity index (χ0v) is 17.9. The molecule has 6 heteroatoms. The molecule has 6 nitrogen and oxygen atoms in total. The molecule has 1 aliphatic heterocycles. The van der Waals surface area contributed by atoms with Crippen molar-refractivity contribution in [1.82, 2.24) is 14.7 Å². The van der Waals surface area contributed by atoms with E-state index in [4.69, 9.17) is 9.47 Å². The van der Waals surface area contributed by atoms with Crippen LogP contribution in [0, 0.1) is 12.8 Å². The molecule has 1 amide bonds. The van der Waals surface area contributed by atoms with Gasteiger partial charge in [-0.3, -0.25) is 9.48 Å². The molecule has 2 heterocycles. The van der Waals surface area contributed by atoms with Crippen LogP contribution in [0.15, 0.2) is 30.5 Å². The van der Waals surface area contributed by atoms with Gasteiger partial charge >= 0.3 is 0 Å². The quantitative estimate of drug-likeness (QED) is 0.606. The van der Waals surface area contributed by atoms with Crippen LogP contribution in [0.5, 0.6) is 0 Å². The minimum absolute atomic E-state index is 0.124. The predicted octanol–water partition coefficient (Wildman–Crippen LogP) is 3.47. The smallest absolute Gasteiger partial charge is 0.257 e. The Kier molecular flexibility index (Phi) is 7.83. The number of aryl methyl sites for hydroxylation is 1. The maximum Gasteiger partial charge on any atom is 0.257 e. The number of hydrogen-bond donors (Lipinski definition) is 0. The Morgan fingerprint density at radius 1 is 1.14 bits per heavy atom. The van der Waals surface area contributed by atoms with E-state index >= 15 is 0 Å². The fraction of sp³-hybridized carbons (Fsp3) is 0.565. The maximum absolute atomic E-state index is 12.8. The zero-order valence-electron chi connectivity index (χ0n) is 17.9. The fourth-order valence-corrected chi connectivity index (χ4v) is 3.92. The Bertz CT molecular complexity index is 777. The average Bonchev–Trinajstić information content (AvgIpc) is 3.13. The summed E-state index contributed by atoms with van der Waals surface area (Å²) in [6.07, 6.45) is 4.89. The number of likely N-dealkylation sites (tertiary alicyclic amines) is 1. The molecule has 0 spiro atoms. The third kappa shape index (κ3) is 5.67. The first-order valence-electron chi connectivity index (χ1n) is 10.6. The topological polar surface area (TPSA) is 56.6 Å². The van der Waals surface area contributed by atoms with Gasteiger partial charge in [0.15, 0.2) is 0 Å². The van der Waals surface area contributed by atoms with Crippen LogP contribution in [-0.2, 0) is 29.0 Å². The Labute approximate surface area is 173 Å². The number of methoxy groups -OCH3 is 1. The van der Waals surface area contributed by atoms with E-state index in [1.165, 1.54) is 11.1 Å². The zero-order chi connectivity index (χ0) is 20.6. The van der Waals surface area contributed by atoms with Gasteiger partial charge in [-0.05, 0) is 50.2 Å². The highest BCUT2D eigenvalue weighted by Crippen LogP contribution is 2.24. The van der Waals surface area contributed by atoms with E-state index in [1.54, 1.807) is 13.3 Å². The van der Waals surface area contributed by atoms with Crippen molar-refractivity contribution < 1.29 is 14.3 Å². The van der Waals surface area contributed by atoms with Crippen LogP contribution in [-0.4, -0.2) is 54.0 Å². The SMILES string of the molecule is CCn1ncc(C(=O)N2CCC(Cc3ccc(COCCOC)cc3)CC2)c1C. The summed E-state index contributed by atoms with van der Waals surface area (Å²) < 4.78 is 12.4. The van der Waals surface area contributed by atoms with Gasteiger partial charge in [0.05, 0.1) is 31.6 Å². The van der Waals surface area contributed by atoms with Gasteiger partial charge in [0.2, 0.25) is 0 Å². The molecule has 0 unspecified atom stereocenters. The molecule has 1 aromatic carbocycles. The molecule has 158 valence electrons. The Morgan fingerprint density at radius 2 is 1.83 bits per heavy atom. The monoisotopic (exact) mass is 399 g/mol. The Hall–Kier alpha value is -2.18. The van der Waals surface area contributed by atoms with E-state index < -0.39 is 0 Å². The number of carbonyl (C=O) groups is 1. The number of aromatic nitrogens is 2. The summed E-state index contributed by atoms with van der Waals surface area (Å²) >= 11 is 0. The molecule has 1 saturated heterocycles. The molecule has 0 aliphatic carbocycles. The van der Waals surface area contributed by atoms with Crippen LogP contribution in [0.2, 0.25) is 0 Å². The Balaban J connectivity index is 1.46. The van der Waals surface area contributed by atoms with Gasteiger partial charge in [-0.1, -0.05) is 24.3 Å². The van der Waals surface area contributed by atoms with Gasteiger partial charge in [0.25, 0.3) is 5.91 Å². The van der Waals surface area contributed by atoms with E-state index in [-0.39, 0.29) is 5.91 Å². The van der Waals surface area contributed by atoms with E-state index in [0.29, 0.717) is 25.7 Å². The average molecular weight is 400 g/mol. The Morgan fingerprint density at radius 3 is 2.45 bits per heavy atom. The van der Waals surface area contributed by atoms with Gasteiger partial charge in [0, 0.05) is 32.4 Å². The molecule has 0 bridgehead atoms. The number of rotatable bonds is 9. The van der Waals surface area contributed by atoms with Crippen molar-refractivity contribution in [3.05, 3.63) is 52.8 Å². The van der Waals surface area contributed by atoms with Crippen LogP contribution in [0.3, 0.4) is 0 Å². The first-order valence-corrected chi connectivity index (χ1v) is 10.6. The standard InChI is InChI=1S/C23H33N3O3/c1-4-26-18(2)22(16-24-26)23(27)25-11-9-20(10-12-25)15-19-5-7-21(8-6-19)17-29-14-13-28-3/h5-8,16,20H,4,9-15,17H2,1-3H3. The predicted molar refractivity (Wildman–Crippen MR) is 113 cm³/mol. The molecule has 1 fully saturated rings. The number of carbonyl (C=O) groups excluding carboxylic acids is 1. The van der Waals surface area contributed by atoms with Crippen molar-refractivity contribution >= 4 is 5.91 Å². The number of ether oxygens (including phenoxy) is 2. The van der Waals surface area contributed by atoms with Crippen LogP contribution in [0.1, 0.15) is 46.9 Å². The molecule has 2 aromatic rings. The lowest BCUT2D eigenvalue weighted by atomic mass is 9.89. The van der Waals surface area contributed by atoms with Crippen molar-refractivity contribution in [2.45, 2.75) is 46.3 Å². The number of benzene rings is 1. The minimum Gasteiger partial charge on any atom is -0.382 e. The summed E-state index contributed by atoms with van der Waals surface area (Å²) in [6.45, 7) is 8.33. The van der Waals surface area contributed by atoms with Crippen LogP contribution >= 0.6 is 0 Å². The molecular weight excluding hydrogens is 366 g/mol. The van der Waals surface area contributed by atoms with Gasteiger partial charge in [0.1, 0.15) is 0 Å². The van der Waals surface area contributed by atoms with Crippen molar-refractivity contribution in [2.24, 2.45) is 5.92 Å². The van der Waals surface area contributed by atoms with Gasteiger partial charge < -0.3 is 14.4 Å². The van der Waals surface area contributed by atoms with E-state index in [9.17, 15) is 4.79 Å². The fourth-order valence-electron chi connectivity index (χ4n) is 3.92. The largest absolute Gasteiger partial charge is 0.382 e. The van der Waals surface area contributed by atoms with Crippen molar-refractivity contribution in [1.29, 1.82) is 0 Å². The van der Waals surface area contributed by atoms with Crippen molar-refractivity contribution in [3.8, 4) is 0 Å². The van der Waals surface area contributed by atoms with Crippen molar-refractivity contribution in [2.75, 3.05) is 33.4 Å². The van der Waals surface area contributed by atoms with Crippen molar-refractivity contribution in [3.63, 3.8) is 0 Å². The highest BCUT2D eigenvalue weighted by molar-refractivity contribution is 5.95. The third-order valence-corrected chi connectivity index (χ3v) is 5.78. The molecule has 0 N–H and O–H groups in total. The summed E-state index contributed by atoms with van der Waals surface area (Å²) in [5.74, 6) is 0.751. The second-order valence-electron chi connectivity index (χ2n) is 7.76. The molecule has 1 aliphatic rings. The summed E-state index contributed by atoms with van der Waals surface area (Å²) in [7, 11) is 1.68. The van der Waals surface area contributed by atoms with E-state index in [2.05, 4.69) is 29.4 Å². The molecular formula is C23H33N3O3. The lowest BCUT2D eigenvalue weighted by Crippen LogP contribution is -2.39. The van der Waals surface area contributed by atoms with E-state index in [0.717, 1.165) is 50.2 Å². The molecule has 29 heavy (non-hydrogen) atoms. The maximum atomic E-state index is 12.8. The highest BCUT2D eigenvalue weighted by atomic mass is 16.5. The summed E-state index contributed by atoms with van der Waals surface area (Å²) in [5.41, 5.74) is 4.25. The van der Waals surface area contributed by atoms with Gasteiger partial charge in [-0.15, -0.1) is 0 Å². The van der Waals surface area contributed by atoms with Crippen LogP contribution < -0.4 is 0 Å². The number of hydrogen-bond acceptors (Lipinski definition) is 4. The summed E-state index contributed by atoms with van der Waals surface area (Å²) in [5, 5.41) is 4.31. The lowest BCUT2D eigenvalue weighted by Gasteiger charge is -2.32. The second kappa shape index (κ2) is 10.6. The van der Waals surface area contributed by atoms with Gasteiger partial charge in [-0.25, -0.2) is 0 Å². The molecule has 3 rings (SSSR count). The number of piperidine rings is 1. The number of nitrogens with zero attached hydrogens (tertiary/aromatic N) is 3. The highest BCUT2D eigenvalue weighted by Gasteiger charge is 2.25. The summed E-state index contributed by atoms with van der Waals surface area (Å²) in [6, 6.07) is 8.70. The summed E-state index contributed by atoms with van der Waals surface area (Å²) in [4.78, 5) is 14.8. The molecule has 1 aromatic heterocycles.